The molecule has 0 radical (unpaired) electrons. The van der Waals surface area contributed by atoms with Crippen LogP contribution in [0, 0.1) is 5.82 Å². The Kier molecular flexibility index (Phi) is 3.73. The van der Waals surface area contributed by atoms with E-state index >= 15 is 0 Å². The van der Waals surface area contributed by atoms with E-state index in [1.807, 2.05) is 0 Å². The van der Waals surface area contributed by atoms with Gasteiger partial charge in [0.25, 0.3) is 0 Å². The quantitative estimate of drug-likeness (QED) is 0.723. The van der Waals surface area contributed by atoms with E-state index in [2.05, 4.69) is 20.9 Å². The monoisotopic (exact) mass is 393 g/mol. The summed E-state index contributed by atoms with van der Waals surface area (Å²) >= 11 is 3.21. The Morgan fingerprint density at radius 1 is 1.42 bits per heavy atom. The molecule has 2 atom stereocenters. The van der Waals surface area contributed by atoms with Crippen LogP contribution < -0.4 is 5.69 Å². The molecule has 1 aromatic carbocycles. The highest BCUT2D eigenvalue weighted by Crippen LogP contribution is 2.39. The van der Waals surface area contributed by atoms with Crippen molar-refractivity contribution in [3.63, 3.8) is 0 Å². The lowest BCUT2D eigenvalue weighted by atomic mass is 10.00. The van der Waals surface area contributed by atoms with Gasteiger partial charge in [-0.25, -0.2) is 9.18 Å². The highest BCUT2D eigenvalue weighted by Gasteiger charge is 2.30. The third kappa shape index (κ3) is 2.29. The number of H-pyrrole nitrogens is 1. The first-order chi connectivity index (χ1) is 11.5. The van der Waals surface area contributed by atoms with Gasteiger partial charge in [0.2, 0.25) is 0 Å². The molecule has 2 heterocycles. The summed E-state index contributed by atoms with van der Waals surface area (Å²) in [5.74, 6) is -0.158. The van der Waals surface area contributed by atoms with Gasteiger partial charge in [-0.3, -0.25) is 9.55 Å². The maximum atomic E-state index is 14.0. The number of aromatic amines is 1. The SMILES string of the molecule is COC1CC[C@H](c2nc3cc(F)c(Br)cc3c3[nH]c(=O)n(C)c23)C1. The van der Waals surface area contributed by atoms with Crippen molar-refractivity contribution in [2.75, 3.05) is 7.11 Å². The molecule has 1 saturated carbocycles. The van der Waals surface area contributed by atoms with Gasteiger partial charge in [-0.05, 0) is 41.3 Å². The second-order valence-corrected chi connectivity index (χ2v) is 7.22. The number of aromatic nitrogens is 3. The minimum Gasteiger partial charge on any atom is -0.381 e. The van der Waals surface area contributed by atoms with Crippen LogP contribution in [0.1, 0.15) is 30.9 Å². The van der Waals surface area contributed by atoms with Gasteiger partial charge in [-0.15, -0.1) is 0 Å². The molecule has 7 heteroatoms. The Morgan fingerprint density at radius 2 is 2.21 bits per heavy atom. The van der Waals surface area contributed by atoms with Crippen molar-refractivity contribution in [2.24, 2.45) is 7.05 Å². The van der Waals surface area contributed by atoms with Crippen molar-refractivity contribution >= 4 is 37.9 Å². The molecular weight excluding hydrogens is 377 g/mol. The summed E-state index contributed by atoms with van der Waals surface area (Å²) < 4.78 is 21.4. The number of benzene rings is 1. The molecule has 1 aliphatic rings. The summed E-state index contributed by atoms with van der Waals surface area (Å²) in [4.78, 5) is 19.8. The topological polar surface area (TPSA) is 59.9 Å². The fourth-order valence-electron chi connectivity index (χ4n) is 3.71. The predicted octanol–water partition coefficient (Wildman–Crippen LogP) is 3.60. The number of methoxy groups -OCH3 is 1. The Morgan fingerprint density at radius 3 is 2.92 bits per heavy atom. The van der Waals surface area contributed by atoms with E-state index in [1.54, 1.807) is 24.8 Å². The number of rotatable bonds is 2. The van der Waals surface area contributed by atoms with Gasteiger partial charge >= 0.3 is 5.69 Å². The largest absolute Gasteiger partial charge is 0.381 e. The van der Waals surface area contributed by atoms with E-state index in [-0.39, 0.29) is 23.5 Å². The molecule has 0 amide bonds. The number of hydrogen-bond donors (Lipinski definition) is 1. The number of nitrogens with one attached hydrogen (secondary N) is 1. The lowest BCUT2D eigenvalue weighted by Crippen LogP contribution is -2.13. The van der Waals surface area contributed by atoms with Crippen molar-refractivity contribution in [2.45, 2.75) is 31.3 Å². The van der Waals surface area contributed by atoms with E-state index in [4.69, 9.17) is 9.72 Å². The minimum atomic E-state index is -0.361. The molecule has 126 valence electrons. The first-order valence-corrected chi connectivity index (χ1v) is 8.69. The number of fused-ring (bicyclic) bond motifs is 3. The highest BCUT2D eigenvalue weighted by molar-refractivity contribution is 9.10. The molecule has 5 nitrogen and oxygen atoms in total. The standard InChI is InChI=1S/C17H17BrFN3O2/c1-22-16-14(8-3-4-9(5-8)24-2)20-13-7-12(19)11(18)6-10(13)15(16)21-17(22)23/h6-9H,3-5H2,1-2H3,(H,21,23)/t8-,9?/m0/s1. The van der Waals surface area contributed by atoms with Crippen molar-refractivity contribution < 1.29 is 9.13 Å². The number of hydrogen-bond acceptors (Lipinski definition) is 3. The van der Waals surface area contributed by atoms with Crippen LogP contribution in [0.2, 0.25) is 0 Å². The van der Waals surface area contributed by atoms with Gasteiger partial charge in [0.1, 0.15) is 5.82 Å². The van der Waals surface area contributed by atoms with E-state index in [1.165, 1.54) is 6.07 Å². The summed E-state index contributed by atoms with van der Waals surface area (Å²) in [7, 11) is 3.45. The molecule has 0 bridgehead atoms. The van der Waals surface area contributed by atoms with Gasteiger partial charge in [0.15, 0.2) is 0 Å². The molecule has 3 aromatic rings. The summed E-state index contributed by atoms with van der Waals surface area (Å²) in [6.45, 7) is 0. The van der Waals surface area contributed by atoms with Crippen LogP contribution in [-0.4, -0.2) is 27.7 Å². The third-order valence-electron chi connectivity index (χ3n) is 5.00. The lowest BCUT2D eigenvalue weighted by Gasteiger charge is -2.14. The summed E-state index contributed by atoms with van der Waals surface area (Å²) in [6, 6.07) is 3.09. The zero-order valence-corrected chi connectivity index (χ0v) is 15.0. The maximum absolute atomic E-state index is 14.0. The lowest BCUT2D eigenvalue weighted by molar-refractivity contribution is 0.108. The number of nitrogens with zero attached hydrogens (tertiary/aromatic N) is 2. The number of pyridine rings is 1. The van der Waals surface area contributed by atoms with Gasteiger partial charge in [0, 0.05) is 31.5 Å². The molecule has 2 aromatic heterocycles. The second kappa shape index (κ2) is 5.67. The van der Waals surface area contributed by atoms with E-state index < -0.39 is 0 Å². The zero-order chi connectivity index (χ0) is 17.0. The van der Waals surface area contributed by atoms with Crippen LogP contribution in [-0.2, 0) is 11.8 Å². The second-order valence-electron chi connectivity index (χ2n) is 6.36. The summed E-state index contributed by atoms with van der Waals surface area (Å²) in [5.41, 5.74) is 2.72. The normalized spacial score (nSPS) is 21.2. The Balaban J connectivity index is 2.04. The average Bonchev–Trinajstić information content (AvgIpc) is 3.14. The molecule has 0 spiro atoms. The molecule has 24 heavy (non-hydrogen) atoms. The molecular formula is C17H17BrFN3O2. The van der Waals surface area contributed by atoms with E-state index in [9.17, 15) is 9.18 Å². The molecule has 1 fully saturated rings. The first-order valence-electron chi connectivity index (χ1n) is 7.89. The van der Waals surface area contributed by atoms with Crippen LogP contribution in [0.25, 0.3) is 21.9 Å². The van der Waals surface area contributed by atoms with Crippen LogP contribution in [0.3, 0.4) is 0 Å². The molecule has 1 unspecified atom stereocenters. The van der Waals surface area contributed by atoms with Crippen molar-refractivity contribution in [1.82, 2.24) is 14.5 Å². The minimum absolute atomic E-state index is 0.192. The van der Waals surface area contributed by atoms with Crippen LogP contribution in [0.4, 0.5) is 4.39 Å². The Labute approximate surface area is 146 Å². The Bertz CT molecular complexity index is 1010. The summed E-state index contributed by atoms with van der Waals surface area (Å²) in [6.07, 6.45) is 2.99. The van der Waals surface area contributed by atoms with Gasteiger partial charge < -0.3 is 9.72 Å². The zero-order valence-electron chi connectivity index (χ0n) is 13.4. The molecule has 4 rings (SSSR count). The van der Waals surface area contributed by atoms with Crippen LogP contribution in [0.5, 0.6) is 0 Å². The predicted molar refractivity (Wildman–Crippen MR) is 93.9 cm³/mol. The van der Waals surface area contributed by atoms with Gasteiger partial charge in [-0.2, -0.15) is 0 Å². The van der Waals surface area contributed by atoms with E-state index in [0.29, 0.717) is 15.5 Å². The molecule has 0 saturated heterocycles. The first kappa shape index (κ1) is 15.8. The number of imidazole rings is 1. The van der Waals surface area contributed by atoms with Crippen molar-refractivity contribution in [3.8, 4) is 0 Å². The number of ether oxygens (including phenoxy) is 1. The summed E-state index contributed by atoms with van der Waals surface area (Å²) in [5, 5.41) is 0.737. The fourth-order valence-corrected chi connectivity index (χ4v) is 4.06. The smallest absolute Gasteiger partial charge is 0.326 e. The van der Waals surface area contributed by atoms with Crippen molar-refractivity contribution in [1.29, 1.82) is 0 Å². The van der Waals surface area contributed by atoms with Gasteiger partial charge in [0.05, 0.1) is 32.8 Å². The maximum Gasteiger partial charge on any atom is 0.326 e. The van der Waals surface area contributed by atoms with Crippen molar-refractivity contribution in [3.05, 3.63) is 38.6 Å². The Hall–Kier alpha value is -1.73. The number of halogens is 2. The van der Waals surface area contributed by atoms with Gasteiger partial charge in [-0.1, -0.05) is 0 Å². The molecule has 0 aliphatic heterocycles. The molecule has 1 aliphatic carbocycles. The van der Waals surface area contributed by atoms with Crippen LogP contribution >= 0.6 is 15.9 Å². The number of aryl methyl sites for hydroxylation is 1. The van der Waals surface area contributed by atoms with E-state index in [0.717, 1.165) is 35.9 Å². The molecule has 1 N–H and O–H groups in total. The average molecular weight is 394 g/mol. The van der Waals surface area contributed by atoms with Crippen LogP contribution in [0.15, 0.2) is 21.4 Å². The third-order valence-corrected chi connectivity index (χ3v) is 5.61. The highest BCUT2D eigenvalue weighted by atomic mass is 79.9. The fraction of sp³-hybridized carbons (Fsp3) is 0.412.